The topological polar surface area (TPSA) is 64.6 Å². The number of amides is 2. The lowest BCUT2D eigenvalue weighted by atomic mass is 9.85. The van der Waals surface area contributed by atoms with E-state index in [-0.39, 0.29) is 24.6 Å². The number of hydrogen-bond donors (Lipinski definition) is 3. The lowest BCUT2D eigenvalue weighted by Gasteiger charge is -2.34. The van der Waals surface area contributed by atoms with Gasteiger partial charge in [0.05, 0.1) is 0 Å². The van der Waals surface area contributed by atoms with Gasteiger partial charge in [0, 0.05) is 37.7 Å². The van der Waals surface area contributed by atoms with Crippen LogP contribution in [0.2, 0.25) is 0 Å². The molecule has 3 N–H and O–H groups in total. The fourth-order valence-corrected chi connectivity index (χ4v) is 3.41. The number of carbonyl (C=O) groups is 1. The molecule has 1 aliphatic carbocycles. The fourth-order valence-electron chi connectivity index (χ4n) is 3.41. The zero-order valence-electron chi connectivity index (χ0n) is 12.6. The molecule has 0 spiro atoms. The number of rotatable bonds is 4. The van der Waals surface area contributed by atoms with Crippen LogP contribution >= 0.6 is 0 Å². The summed E-state index contributed by atoms with van der Waals surface area (Å²) in [5, 5.41) is 15.5. The lowest BCUT2D eigenvalue weighted by molar-refractivity contribution is 0.151. The number of aliphatic hydroxyl groups excluding tert-OH is 1. The molecule has 20 heavy (non-hydrogen) atoms. The number of hydrogen-bond acceptors (Lipinski definition) is 3. The van der Waals surface area contributed by atoms with E-state index in [1.165, 1.54) is 6.42 Å². The molecule has 2 fully saturated rings. The minimum Gasteiger partial charge on any atom is -0.396 e. The number of urea groups is 1. The van der Waals surface area contributed by atoms with Crippen molar-refractivity contribution in [3.63, 3.8) is 0 Å². The summed E-state index contributed by atoms with van der Waals surface area (Å²) in [7, 11) is 0. The van der Waals surface area contributed by atoms with Gasteiger partial charge in [0.1, 0.15) is 0 Å². The monoisotopic (exact) mass is 283 g/mol. The molecular weight excluding hydrogens is 254 g/mol. The molecule has 2 atom stereocenters. The van der Waals surface area contributed by atoms with Gasteiger partial charge in [0.25, 0.3) is 0 Å². The number of likely N-dealkylation sites (tertiary alicyclic amines) is 1. The van der Waals surface area contributed by atoms with Crippen molar-refractivity contribution in [3.05, 3.63) is 0 Å². The van der Waals surface area contributed by atoms with E-state index < -0.39 is 0 Å². The van der Waals surface area contributed by atoms with Gasteiger partial charge < -0.3 is 20.6 Å². The molecule has 0 aromatic rings. The second kappa shape index (κ2) is 7.84. The first-order valence-electron chi connectivity index (χ1n) is 8.13. The highest BCUT2D eigenvalue weighted by atomic mass is 16.3. The van der Waals surface area contributed by atoms with Crippen LogP contribution in [0.25, 0.3) is 0 Å². The van der Waals surface area contributed by atoms with E-state index in [2.05, 4.69) is 22.5 Å². The van der Waals surface area contributed by atoms with Gasteiger partial charge in [-0.05, 0) is 32.2 Å². The minimum absolute atomic E-state index is 0.0506. The third-order valence-corrected chi connectivity index (χ3v) is 4.83. The molecule has 0 bridgehead atoms. The lowest BCUT2D eigenvalue weighted by Crippen LogP contribution is -2.52. The zero-order valence-corrected chi connectivity index (χ0v) is 12.6. The van der Waals surface area contributed by atoms with E-state index in [1.54, 1.807) is 0 Å². The summed E-state index contributed by atoms with van der Waals surface area (Å²) < 4.78 is 0. The van der Waals surface area contributed by atoms with Crippen LogP contribution in [0.5, 0.6) is 0 Å². The van der Waals surface area contributed by atoms with Crippen LogP contribution in [0, 0.1) is 5.92 Å². The molecule has 2 aliphatic rings. The van der Waals surface area contributed by atoms with Crippen LogP contribution in [0.4, 0.5) is 4.79 Å². The second-order valence-electron chi connectivity index (χ2n) is 6.16. The summed E-state index contributed by atoms with van der Waals surface area (Å²) in [6.07, 6.45) is 6.41. The number of carbonyl (C=O) groups excluding carboxylic acids is 1. The first kappa shape index (κ1) is 15.6. The molecule has 2 amide bonds. The summed E-state index contributed by atoms with van der Waals surface area (Å²) in [4.78, 5) is 14.5. The highest BCUT2D eigenvalue weighted by Crippen LogP contribution is 2.23. The average molecular weight is 283 g/mol. The largest absolute Gasteiger partial charge is 0.396 e. The molecule has 1 saturated heterocycles. The zero-order chi connectivity index (χ0) is 14.4. The molecule has 5 heteroatoms. The van der Waals surface area contributed by atoms with Gasteiger partial charge in [-0.1, -0.05) is 19.8 Å². The molecule has 2 rings (SSSR count). The Labute approximate surface area is 122 Å². The van der Waals surface area contributed by atoms with Crippen LogP contribution in [-0.4, -0.2) is 54.4 Å². The Bertz CT molecular complexity index is 303. The summed E-state index contributed by atoms with van der Waals surface area (Å²) in [5.74, 6) is 0.233. The highest BCUT2D eigenvalue weighted by molar-refractivity contribution is 5.74. The minimum atomic E-state index is -0.0506. The molecule has 2 unspecified atom stereocenters. The van der Waals surface area contributed by atoms with Crippen LogP contribution in [-0.2, 0) is 0 Å². The SMILES string of the molecule is CCN1CCC(NC(=O)NC2CCCCC2CO)CC1. The van der Waals surface area contributed by atoms with Crippen molar-refractivity contribution in [1.29, 1.82) is 0 Å². The molecule has 1 heterocycles. The van der Waals surface area contributed by atoms with Crippen molar-refractivity contribution in [1.82, 2.24) is 15.5 Å². The van der Waals surface area contributed by atoms with Crippen LogP contribution in [0.15, 0.2) is 0 Å². The number of nitrogens with zero attached hydrogens (tertiary/aromatic N) is 1. The average Bonchev–Trinajstić information content (AvgIpc) is 2.48. The Hall–Kier alpha value is -0.810. The van der Waals surface area contributed by atoms with Crippen LogP contribution < -0.4 is 10.6 Å². The highest BCUT2D eigenvalue weighted by Gasteiger charge is 2.27. The Morgan fingerprint density at radius 1 is 1.15 bits per heavy atom. The van der Waals surface area contributed by atoms with Gasteiger partial charge in [0.2, 0.25) is 0 Å². The van der Waals surface area contributed by atoms with E-state index >= 15 is 0 Å². The summed E-state index contributed by atoms with van der Waals surface area (Å²) in [6.45, 7) is 5.60. The fraction of sp³-hybridized carbons (Fsp3) is 0.933. The first-order chi connectivity index (χ1) is 9.72. The predicted molar refractivity (Wildman–Crippen MR) is 79.6 cm³/mol. The Morgan fingerprint density at radius 3 is 2.50 bits per heavy atom. The van der Waals surface area contributed by atoms with Crippen molar-refractivity contribution < 1.29 is 9.90 Å². The number of aliphatic hydroxyl groups is 1. The Kier molecular flexibility index (Phi) is 6.10. The van der Waals surface area contributed by atoms with Gasteiger partial charge in [0.15, 0.2) is 0 Å². The quantitative estimate of drug-likeness (QED) is 0.729. The molecular formula is C15H29N3O2. The molecule has 0 aromatic heterocycles. The Morgan fingerprint density at radius 2 is 1.85 bits per heavy atom. The van der Waals surface area contributed by atoms with Gasteiger partial charge in [-0.25, -0.2) is 4.79 Å². The molecule has 0 aromatic carbocycles. The van der Waals surface area contributed by atoms with Gasteiger partial charge >= 0.3 is 6.03 Å². The molecule has 0 radical (unpaired) electrons. The third-order valence-electron chi connectivity index (χ3n) is 4.83. The number of nitrogens with one attached hydrogen (secondary N) is 2. The summed E-state index contributed by atoms with van der Waals surface area (Å²) in [6, 6.07) is 0.392. The van der Waals surface area contributed by atoms with Crippen molar-refractivity contribution >= 4 is 6.03 Å². The summed E-state index contributed by atoms with van der Waals surface area (Å²) >= 11 is 0. The predicted octanol–water partition coefficient (Wildman–Crippen LogP) is 1.32. The normalized spacial score (nSPS) is 29.1. The maximum Gasteiger partial charge on any atom is 0.315 e. The Balaban J connectivity index is 1.72. The molecule has 1 saturated carbocycles. The van der Waals surface area contributed by atoms with Crippen LogP contribution in [0.3, 0.4) is 0 Å². The summed E-state index contributed by atoms with van der Waals surface area (Å²) in [5.41, 5.74) is 0. The molecule has 5 nitrogen and oxygen atoms in total. The van der Waals surface area contributed by atoms with Crippen molar-refractivity contribution in [3.8, 4) is 0 Å². The molecule has 116 valence electrons. The third kappa shape index (κ3) is 4.35. The second-order valence-corrected chi connectivity index (χ2v) is 6.16. The van der Waals surface area contributed by atoms with Crippen molar-refractivity contribution in [2.45, 2.75) is 57.5 Å². The van der Waals surface area contributed by atoms with E-state index in [0.29, 0.717) is 6.04 Å². The maximum absolute atomic E-state index is 12.1. The van der Waals surface area contributed by atoms with Crippen LogP contribution in [0.1, 0.15) is 45.4 Å². The van der Waals surface area contributed by atoms with Crippen molar-refractivity contribution in [2.75, 3.05) is 26.2 Å². The number of piperidine rings is 1. The van der Waals surface area contributed by atoms with Crippen molar-refractivity contribution in [2.24, 2.45) is 5.92 Å². The van der Waals surface area contributed by atoms with Gasteiger partial charge in [-0.15, -0.1) is 0 Å². The maximum atomic E-state index is 12.1. The van der Waals surface area contributed by atoms with Gasteiger partial charge in [-0.3, -0.25) is 0 Å². The van der Waals surface area contributed by atoms with E-state index in [1.807, 2.05) is 0 Å². The van der Waals surface area contributed by atoms with E-state index in [0.717, 1.165) is 51.7 Å². The standard InChI is InChI=1S/C15H29N3O2/c1-2-18-9-7-13(8-10-18)16-15(20)17-14-6-4-3-5-12(14)11-19/h12-14,19H,2-11H2,1H3,(H2,16,17,20). The first-order valence-corrected chi connectivity index (χ1v) is 8.13. The molecule has 1 aliphatic heterocycles. The van der Waals surface area contributed by atoms with E-state index in [9.17, 15) is 9.90 Å². The van der Waals surface area contributed by atoms with Gasteiger partial charge in [-0.2, -0.15) is 0 Å². The smallest absolute Gasteiger partial charge is 0.315 e. The van der Waals surface area contributed by atoms with E-state index in [4.69, 9.17) is 0 Å².